The molecule has 0 amide bonds. The van der Waals surface area contributed by atoms with E-state index in [1.807, 2.05) is 0 Å². The monoisotopic (exact) mass is 276 g/mol. The summed E-state index contributed by atoms with van der Waals surface area (Å²) in [5.41, 5.74) is 0.616. The molecule has 1 aromatic carbocycles. The maximum Gasteiger partial charge on any atom is 0.265 e. The molecule has 0 aliphatic rings. The molecule has 0 bridgehead atoms. The van der Waals surface area contributed by atoms with Crippen molar-refractivity contribution >= 4 is 37.1 Å². The number of benzene rings is 1. The molecular weight excluding hydrogens is 272 g/mol. The zero-order valence-electron chi connectivity index (χ0n) is 6.77. The number of fused-ring (bicyclic) bond motifs is 1. The second-order valence-corrected chi connectivity index (χ2v) is 4.82. The topological polar surface area (TPSA) is 86.2 Å². The number of hydrogen-bond acceptors (Lipinski definition) is 4. The summed E-state index contributed by atoms with van der Waals surface area (Å²) in [4.78, 5) is 4.08. The molecule has 74 valence electrons. The van der Waals surface area contributed by atoms with Gasteiger partial charge >= 0.3 is 0 Å². The number of nitrogens with two attached hydrogens (primary N) is 1. The standard InChI is InChI=1S/C7H5BrN2O3S/c8-7-10-4-2-1-3-5(6(4)13-7)14(9,11)12/h1-3H,(H2,9,11,12). The lowest BCUT2D eigenvalue weighted by Gasteiger charge is -1.96. The van der Waals surface area contributed by atoms with Crippen LogP contribution in [-0.4, -0.2) is 13.4 Å². The molecule has 0 atom stereocenters. The highest BCUT2D eigenvalue weighted by atomic mass is 79.9. The fraction of sp³-hybridized carbons (Fsp3) is 0. The normalized spacial score (nSPS) is 12.1. The van der Waals surface area contributed by atoms with Crippen molar-refractivity contribution in [3.8, 4) is 0 Å². The number of para-hydroxylation sites is 1. The number of oxazole rings is 1. The van der Waals surface area contributed by atoms with E-state index in [0.29, 0.717) is 5.52 Å². The molecule has 0 radical (unpaired) electrons. The fourth-order valence-electron chi connectivity index (χ4n) is 1.12. The molecule has 5 nitrogen and oxygen atoms in total. The van der Waals surface area contributed by atoms with Gasteiger partial charge in [0.15, 0.2) is 5.58 Å². The molecule has 2 rings (SSSR count). The summed E-state index contributed by atoms with van der Waals surface area (Å²) < 4.78 is 27.3. The Morgan fingerprint density at radius 2 is 2.14 bits per heavy atom. The minimum Gasteiger partial charge on any atom is -0.430 e. The van der Waals surface area contributed by atoms with Gasteiger partial charge in [-0.3, -0.25) is 0 Å². The van der Waals surface area contributed by atoms with Gasteiger partial charge in [-0.05, 0) is 12.1 Å². The molecule has 0 unspecified atom stereocenters. The highest BCUT2D eigenvalue weighted by Crippen LogP contribution is 2.24. The second-order valence-electron chi connectivity index (χ2n) is 2.62. The van der Waals surface area contributed by atoms with E-state index in [1.54, 1.807) is 12.1 Å². The van der Waals surface area contributed by atoms with Gasteiger partial charge in [0.2, 0.25) is 10.0 Å². The van der Waals surface area contributed by atoms with E-state index in [1.165, 1.54) is 6.07 Å². The Kier molecular flexibility index (Phi) is 2.09. The van der Waals surface area contributed by atoms with E-state index in [0.717, 1.165) is 0 Å². The van der Waals surface area contributed by atoms with Gasteiger partial charge in [-0.2, -0.15) is 0 Å². The maximum absolute atomic E-state index is 11.1. The van der Waals surface area contributed by atoms with Crippen LogP contribution >= 0.6 is 15.9 Å². The molecule has 0 aliphatic carbocycles. The predicted molar refractivity (Wildman–Crippen MR) is 53.1 cm³/mol. The van der Waals surface area contributed by atoms with Gasteiger partial charge in [0, 0.05) is 15.9 Å². The highest BCUT2D eigenvalue weighted by molar-refractivity contribution is 9.10. The van der Waals surface area contributed by atoms with Gasteiger partial charge in [0.1, 0.15) is 10.4 Å². The van der Waals surface area contributed by atoms with Crippen LogP contribution in [0.1, 0.15) is 0 Å². The van der Waals surface area contributed by atoms with E-state index >= 15 is 0 Å². The van der Waals surface area contributed by atoms with Crippen LogP contribution in [0.5, 0.6) is 0 Å². The first-order valence-corrected chi connectivity index (χ1v) is 5.90. The van der Waals surface area contributed by atoms with E-state index in [2.05, 4.69) is 20.9 Å². The summed E-state index contributed by atoms with van der Waals surface area (Å²) in [5, 5.41) is 5.00. The van der Waals surface area contributed by atoms with E-state index in [4.69, 9.17) is 9.56 Å². The van der Waals surface area contributed by atoms with Crippen molar-refractivity contribution in [2.75, 3.05) is 0 Å². The third-order valence-electron chi connectivity index (χ3n) is 1.66. The van der Waals surface area contributed by atoms with Gasteiger partial charge in [0.25, 0.3) is 4.80 Å². The minimum atomic E-state index is -3.77. The Morgan fingerprint density at radius 3 is 2.79 bits per heavy atom. The predicted octanol–water partition coefficient (Wildman–Crippen LogP) is 1.24. The number of nitrogens with zero attached hydrogens (tertiary/aromatic N) is 1. The maximum atomic E-state index is 11.1. The van der Waals surface area contributed by atoms with E-state index in [-0.39, 0.29) is 15.3 Å². The number of primary sulfonamides is 1. The largest absolute Gasteiger partial charge is 0.430 e. The third-order valence-corrected chi connectivity index (χ3v) is 2.93. The second kappa shape index (κ2) is 3.04. The number of rotatable bonds is 1. The number of halogens is 1. The van der Waals surface area contributed by atoms with Crippen LogP contribution in [0.3, 0.4) is 0 Å². The first-order valence-electron chi connectivity index (χ1n) is 3.56. The quantitative estimate of drug-likeness (QED) is 0.849. The summed E-state index contributed by atoms with van der Waals surface area (Å²) in [6.07, 6.45) is 0. The average Bonchev–Trinajstić information content (AvgIpc) is 2.41. The summed E-state index contributed by atoms with van der Waals surface area (Å²) in [7, 11) is -3.77. The molecule has 0 saturated carbocycles. The molecule has 1 aromatic heterocycles. The van der Waals surface area contributed by atoms with E-state index in [9.17, 15) is 8.42 Å². The average molecular weight is 277 g/mol. The molecule has 1 heterocycles. The lowest BCUT2D eigenvalue weighted by molar-refractivity contribution is 0.558. The summed E-state index contributed by atoms with van der Waals surface area (Å²) in [6, 6.07) is 4.56. The van der Waals surface area contributed by atoms with Gasteiger partial charge in [-0.1, -0.05) is 6.07 Å². The molecule has 2 N–H and O–H groups in total. The van der Waals surface area contributed by atoms with Crippen LogP contribution in [-0.2, 0) is 10.0 Å². The Balaban J connectivity index is 2.90. The molecule has 0 fully saturated rings. The lowest BCUT2D eigenvalue weighted by atomic mass is 10.3. The van der Waals surface area contributed by atoms with Crippen molar-refractivity contribution in [2.45, 2.75) is 4.90 Å². The lowest BCUT2D eigenvalue weighted by Crippen LogP contribution is -2.12. The van der Waals surface area contributed by atoms with Crippen LogP contribution in [0.25, 0.3) is 11.1 Å². The van der Waals surface area contributed by atoms with Crippen LogP contribution in [0.15, 0.2) is 32.3 Å². The molecule has 2 aromatic rings. The van der Waals surface area contributed by atoms with E-state index < -0.39 is 10.0 Å². The summed E-state index contributed by atoms with van der Waals surface area (Å²) in [5.74, 6) is 0. The zero-order valence-corrected chi connectivity index (χ0v) is 9.17. The molecule has 7 heteroatoms. The van der Waals surface area contributed by atoms with Gasteiger partial charge in [0.05, 0.1) is 0 Å². The van der Waals surface area contributed by atoms with Gasteiger partial charge < -0.3 is 4.42 Å². The van der Waals surface area contributed by atoms with Crippen molar-refractivity contribution in [3.05, 3.63) is 23.0 Å². The smallest absolute Gasteiger partial charge is 0.265 e. The third kappa shape index (κ3) is 1.54. The van der Waals surface area contributed by atoms with Crippen LogP contribution in [0, 0.1) is 0 Å². The highest BCUT2D eigenvalue weighted by Gasteiger charge is 2.16. The van der Waals surface area contributed by atoms with Crippen LogP contribution in [0.2, 0.25) is 0 Å². The SMILES string of the molecule is NS(=O)(=O)c1cccc2nc(Br)oc12. The van der Waals surface area contributed by atoms with Gasteiger partial charge in [-0.15, -0.1) is 0 Å². The number of aromatic nitrogens is 1. The first kappa shape index (κ1) is 9.63. The van der Waals surface area contributed by atoms with Crippen LogP contribution < -0.4 is 5.14 Å². The molecule has 0 saturated heterocycles. The molecular formula is C7H5BrN2O3S. The zero-order chi connectivity index (χ0) is 10.3. The Morgan fingerprint density at radius 1 is 1.43 bits per heavy atom. The summed E-state index contributed by atoms with van der Waals surface area (Å²) >= 11 is 3.01. The Bertz CT molecular complexity index is 590. The fourth-order valence-corrected chi connectivity index (χ4v) is 2.15. The van der Waals surface area contributed by atoms with Crippen molar-refractivity contribution in [3.63, 3.8) is 0 Å². The molecule has 14 heavy (non-hydrogen) atoms. The number of sulfonamides is 1. The molecule has 0 aliphatic heterocycles. The minimum absolute atomic E-state index is 0.0619. The molecule has 0 spiro atoms. The number of hydrogen-bond donors (Lipinski definition) is 1. The van der Waals surface area contributed by atoms with Gasteiger partial charge in [-0.25, -0.2) is 18.5 Å². The summed E-state index contributed by atoms with van der Waals surface area (Å²) in [6.45, 7) is 0. The Hall–Kier alpha value is -0.920. The van der Waals surface area contributed by atoms with Crippen molar-refractivity contribution in [1.29, 1.82) is 0 Å². The Labute approximate surface area is 88.1 Å². The van der Waals surface area contributed by atoms with Crippen molar-refractivity contribution in [2.24, 2.45) is 5.14 Å². The first-order chi connectivity index (χ1) is 6.48. The van der Waals surface area contributed by atoms with Crippen molar-refractivity contribution in [1.82, 2.24) is 4.98 Å². The van der Waals surface area contributed by atoms with Crippen molar-refractivity contribution < 1.29 is 12.8 Å². The van der Waals surface area contributed by atoms with Crippen LogP contribution in [0.4, 0.5) is 0 Å².